The minimum Gasteiger partial charge on any atom is -0.497 e. The van der Waals surface area contributed by atoms with Crippen LogP contribution < -0.4 is 4.74 Å². The Kier molecular flexibility index (Phi) is 5.39. The summed E-state index contributed by atoms with van der Waals surface area (Å²) in [5.41, 5.74) is 0.908. The van der Waals surface area contributed by atoms with Crippen LogP contribution in [0.3, 0.4) is 0 Å². The van der Waals surface area contributed by atoms with Crippen LogP contribution in [0.25, 0.3) is 0 Å². The monoisotopic (exact) mass is 250 g/mol. The predicted molar refractivity (Wildman–Crippen MR) is 68.6 cm³/mol. The molecule has 0 amide bonds. The molecule has 98 valence electrons. The molecule has 1 rings (SSSR count). The number of hydrogen-bond donors (Lipinski definition) is 1. The van der Waals surface area contributed by atoms with Crippen molar-refractivity contribution in [3.63, 3.8) is 0 Å². The smallest absolute Gasteiger partial charge is 0.330 e. The molecule has 0 bridgehead atoms. The zero-order valence-electron chi connectivity index (χ0n) is 10.8. The average molecular weight is 250 g/mol. The summed E-state index contributed by atoms with van der Waals surface area (Å²) in [4.78, 5) is 11.1. The molecule has 4 nitrogen and oxygen atoms in total. The van der Waals surface area contributed by atoms with Gasteiger partial charge in [-0.15, -0.1) is 0 Å². The highest BCUT2D eigenvalue weighted by Gasteiger charge is 2.14. The largest absolute Gasteiger partial charge is 0.497 e. The van der Waals surface area contributed by atoms with Crippen LogP contribution in [0.2, 0.25) is 0 Å². The van der Waals surface area contributed by atoms with Gasteiger partial charge in [0.15, 0.2) is 0 Å². The molecule has 0 fully saturated rings. The fourth-order valence-electron chi connectivity index (χ4n) is 1.63. The normalized spacial score (nSPS) is 14.2. The Morgan fingerprint density at radius 3 is 2.33 bits per heavy atom. The van der Waals surface area contributed by atoms with E-state index in [-0.39, 0.29) is 5.92 Å². The van der Waals surface area contributed by atoms with E-state index < -0.39 is 12.1 Å². The van der Waals surface area contributed by atoms with E-state index in [2.05, 4.69) is 4.74 Å². The lowest BCUT2D eigenvalue weighted by atomic mass is 9.94. The summed E-state index contributed by atoms with van der Waals surface area (Å²) in [6, 6.07) is 7.35. The highest BCUT2D eigenvalue weighted by molar-refractivity contribution is 5.81. The quantitative estimate of drug-likeness (QED) is 0.640. The van der Waals surface area contributed by atoms with E-state index in [4.69, 9.17) is 4.74 Å². The lowest BCUT2D eigenvalue weighted by Gasteiger charge is -2.16. The minimum atomic E-state index is -0.598. The van der Waals surface area contributed by atoms with Gasteiger partial charge in [0.2, 0.25) is 0 Å². The van der Waals surface area contributed by atoms with Gasteiger partial charge in [-0.1, -0.05) is 18.2 Å². The van der Waals surface area contributed by atoms with Crippen molar-refractivity contribution in [1.82, 2.24) is 0 Å². The van der Waals surface area contributed by atoms with E-state index >= 15 is 0 Å². The molecule has 0 aliphatic carbocycles. The molecule has 0 aliphatic rings. The van der Waals surface area contributed by atoms with Crippen molar-refractivity contribution in [1.29, 1.82) is 0 Å². The summed E-state index contributed by atoms with van der Waals surface area (Å²) in [6.45, 7) is 1.68. The van der Waals surface area contributed by atoms with Crippen LogP contribution >= 0.6 is 0 Å². The number of aliphatic hydroxyl groups is 1. The Hall–Kier alpha value is -1.81. The van der Waals surface area contributed by atoms with Crippen LogP contribution in [-0.4, -0.2) is 31.4 Å². The summed E-state index contributed by atoms with van der Waals surface area (Å²) in [6.07, 6.45) is 2.36. The van der Waals surface area contributed by atoms with Gasteiger partial charge < -0.3 is 14.6 Å². The van der Waals surface area contributed by atoms with E-state index in [1.165, 1.54) is 13.2 Å². The first-order valence-electron chi connectivity index (χ1n) is 5.66. The standard InChI is InChI=1S/C14H18O4/c1-10(15)13(8-9-14(16)18-3)11-4-6-12(17-2)7-5-11/h4-10,13,15H,1-3H3/b9-8+/t10-,13-/m1/s1. The fraction of sp³-hybridized carbons (Fsp3) is 0.357. The Morgan fingerprint density at radius 2 is 1.89 bits per heavy atom. The Labute approximate surface area is 107 Å². The van der Waals surface area contributed by atoms with Gasteiger partial charge in [0.1, 0.15) is 5.75 Å². The van der Waals surface area contributed by atoms with Crippen molar-refractivity contribution in [2.45, 2.75) is 18.9 Å². The molecule has 18 heavy (non-hydrogen) atoms. The molecular formula is C14H18O4. The van der Waals surface area contributed by atoms with Crippen LogP contribution in [0, 0.1) is 0 Å². The third-order valence-corrected chi connectivity index (χ3v) is 2.66. The van der Waals surface area contributed by atoms with E-state index in [9.17, 15) is 9.90 Å². The maximum Gasteiger partial charge on any atom is 0.330 e. The first kappa shape index (κ1) is 14.3. The molecule has 2 atom stereocenters. The number of benzene rings is 1. The molecule has 1 aromatic carbocycles. The highest BCUT2D eigenvalue weighted by atomic mass is 16.5. The van der Waals surface area contributed by atoms with E-state index in [1.807, 2.05) is 24.3 Å². The van der Waals surface area contributed by atoms with Crippen molar-refractivity contribution >= 4 is 5.97 Å². The van der Waals surface area contributed by atoms with Gasteiger partial charge in [-0.25, -0.2) is 4.79 Å². The minimum absolute atomic E-state index is 0.255. The molecule has 0 heterocycles. The van der Waals surface area contributed by atoms with Crippen LogP contribution in [0.15, 0.2) is 36.4 Å². The Morgan fingerprint density at radius 1 is 1.28 bits per heavy atom. The second kappa shape index (κ2) is 6.81. The van der Waals surface area contributed by atoms with E-state index in [0.29, 0.717) is 0 Å². The van der Waals surface area contributed by atoms with E-state index in [0.717, 1.165) is 11.3 Å². The van der Waals surface area contributed by atoms with Crippen molar-refractivity contribution < 1.29 is 19.4 Å². The van der Waals surface area contributed by atoms with Gasteiger partial charge in [-0.05, 0) is 24.6 Å². The third kappa shape index (κ3) is 3.89. The van der Waals surface area contributed by atoms with Gasteiger partial charge in [0, 0.05) is 12.0 Å². The molecular weight excluding hydrogens is 232 g/mol. The number of hydrogen-bond acceptors (Lipinski definition) is 4. The van der Waals surface area contributed by atoms with Gasteiger partial charge in [-0.3, -0.25) is 0 Å². The zero-order chi connectivity index (χ0) is 13.5. The van der Waals surface area contributed by atoms with Gasteiger partial charge in [-0.2, -0.15) is 0 Å². The van der Waals surface area contributed by atoms with Gasteiger partial charge >= 0.3 is 5.97 Å². The second-order valence-corrected chi connectivity index (χ2v) is 3.92. The second-order valence-electron chi connectivity index (χ2n) is 3.92. The molecule has 1 aromatic rings. The molecule has 0 unspecified atom stereocenters. The Bertz CT molecular complexity index is 406. The number of rotatable bonds is 5. The number of carbonyl (C=O) groups excluding carboxylic acids is 1. The average Bonchev–Trinajstić information content (AvgIpc) is 2.39. The number of carbonyl (C=O) groups is 1. The first-order chi connectivity index (χ1) is 8.58. The van der Waals surface area contributed by atoms with Crippen LogP contribution in [0.1, 0.15) is 18.4 Å². The van der Waals surface area contributed by atoms with E-state index in [1.54, 1.807) is 20.1 Å². The summed E-state index contributed by atoms with van der Waals surface area (Å²) < 4.78 is 9.60. The van der Waals surface area contributed by atoms with Crippen LogP contribution in [-0.2, 0) is 9.53 Å². The SMILES string of the molecule is COC(=O)/C=C/[C@@H](c1ccc(OC)cc1)[C@@H](C)O. The topological polar surface area (TPSA) is 55.8 Å². The molecule has 4 heteroatoms. The lowest BCUT2D eigenvalue weighted by Crippen LogP contribution is -2.13. The number of aliphatic hydroxyl groups excluding tert-OH is 1. The highest BCUT2D eigenvalue weighted by Crippen LogP contribution is 2.23. The number of esters is 1. The molecule has 0 spiro atoms. The zero-order valence-corrected chi connectivity index (χ0v) is 10.8. The Balaban J connectivity index is 2.90. The molecule has 0 radical (unpaired) electrons. The molecule has 0 saturated heterocycles. The molecule has 1 N–H and O–H groups in total. The van der Waals surface area contributed by atoms with Crippen LogP contribution in [0.4, 0.5) is 0 Å². The lowest BCUT2D eigenvalue weighted by molar-refractivity contribution is -0.134. The van der Waals surface area contributed by atoms with Crippen LogP contribution in [0.5, 0.6) is 5.75 Å². The van der Waals surface area contributed by atoms with Crippen molar-refractivity contribution in [2.75, 3.05) is 14.2 Å². The van der Waals surface area contributed by atoms with Crippen molar-refractivity contribution in [3.8, 4) is 5.75 Å². The summed E-state index contributed by atoms with van der Waals surface area (Å²) >= 11 is 0. The summed E-state index contributed by atoms with van der Waals surface area (Å²) in [7, 11) is 2.91. The first-order valence-corrected chi connectivity index (χ1v) is 5.66. The van der Waals surface area contributed by atoms with Gasteiger partial charge in [0.25, 0.3) is 0 Å². The number of methoxy groups -OCH3 is 2. The third-order valence-electron chi connectivity index (χ3n) is 2.66. The van der Waals surface area contributed by atoms with Gasteiger partial charge in [0.05, 0.1) is 20.3 Å². The molecule has 0 saturated carbocycles. The molecule has 0 aromatic heterocycles. The molecule has 0 aliphatic heterocycles. The maximum atomic E-state index is 11.1. The fourth-order valence-corrected chi connectivity index (χ4v) is 1.63. The van der Waals surface area contributed by atoms with Crippen molar-refractivity contribution in [2.24, 2.45) is 0 Å². The maximum absolute atomic E-state index is 11.1. The number of ether oxygens (including phenoxy) is 2. The van der Waals surface area contributed by atoms with Crippen molar-refractivity contribution in [3.05, 3.63) is 42.0 Å². The predicted octanol–water partition coefficient (Wildman–Crippen LogP) is 1.89. The summed E-state index contributed by atoms with van der Waals surface area (Å²) in [5, 5.41) is 9.74. The summed E-state index contributed by atoms with van der Waals surface area (Å²) in [5.74, 6) is 0.0595.